The number of hydrogen-bond acceptors (Lipinski definition) is 2. The van der Waals surface area contributed by atoms with Crippen LogP contribution in [0, 0.1) is 0 Å². The molecular formula is C20H44BrNO. The van der Waals surface area contributed by atoms with Crippen molar-refractivity contribution in [2.45, 2.75) is 109 Å². The van der Waals surface area contributed by atoms with Crippen molar-refractivity contribution < 1.29 is 5.11 Å². The SMILES string of the molecule is Br.CCCCCCCCCCCCCCCCC(CO)N(C)C. The van der Waals surface area contributed by atoms with Crippen LogP contribution in [0.5, 0.6) is 0 Å². The van der Waals surface area contributed by atoms with E-state index in [0.717, 1.165) is 6.42 Å². The maximum absolute atomic E-state index is 9.26. The van der Waals surface area contributed by atoms with Crippen molar-refractivity contribution in [3.63, 3.8) is 0 Å². The van der Waals surface area contributed by atoms with Crippen molar-refractivity contribution in [1.82, 2.24) is 4.90 Å². The lowest BCUT2D eigenvalue weighted by atomic mass is 10.0. The summed E-state index contributed by atoms with van der Waals surface area (Å²) in [5, 5.41) is 9.26. The van der Waals surface area contributed by atoms with Gasteiger partial charge in [-0.05, 0) is 20.5 Å². The fraction of sp³-hybridized carbons (Fsp3) is 1.00. The van der Waals surface area contributed by atoms with Crippen LogP contribution in [0.2, 0.25) is 0 Å². The Morgan fingerprint density at radius 2 is 1.00 bits per heavy atom. The number of nitrogens with zero attached hydrogens (tertiary/aromatic N) is 1. The zero-order valence-electron chi connectivity index (χ0n) is 16.2. The monoisotopic (exact) mass is 393 g/mol. The Morgan fingerprint density at radius 1 is 0.652 bits per heavy atom. The van der Waals surface area contributed by atoms with E-state index < -0.39 is 0 Å². The molecule has 0 saturated carbocycles. The smallest absolute Gasteiger partial charge is 0.0586 e. The fourth-order valence-electron chi connectivity index (χ4n) is 3.09. The first kappa shape index (κ1) is 25.6. The maximum atomic E-state index is 9.26. The summed E-state index contributed by atoms with van der Waals surface area (Å²) in [5.74, 6) is 0. The van der Waals surface area contributed by atoms with Gasteiger partial charge in [0.1, 0.15) is 0 Å². The minimum absolute atomic E-state index is 0. The molecule has 3 heteroatoms. The van der Waals surface area contributed by atoms with E-state index in [2.05, 4.69) is 25.9 Å². The van der Waals surface area contributed by atoms with Crippen LogP contribution in [0.25, 0.3) is 0 Å². The van der Waals surface area contributed by atoms with E-state index in [1.807, 2.05) is 0 Å². The molecule has 0 amide bonds. The van der Waals surface area contributed by atoms with Crippen LogP contribution in [-0.2, 0) is 0 Å². The summed E-state index contributed by atoms with van der Waals surface area (Å²) in [7, 11) is 4.12. The standard InChI is InChI=1S/C20H43NO.BrH/c1-4-5-6-7-8-9-10-11-12-13-14-15-16-17-18-20(19-22)21(2)3;/h20,22H,4-19H2,1-3H3;1H. The van der Waals surface area contributed by atoms with Crippen LogP contribution in [0.15, 0.2) is 0 Å². The molecule has 1 atom stereocenters. The van der Waals surface area contributed by atoms with E-state index in [0.29, 0.717) is 12.6 Å². The summed E-state index contributed by atoms with van der Waals surface area (Å²) >= 11 is 0. The van der Waals surface area contributed by atoms with E-state index >= 15 is 0 Å². The molecule has 2 nitrogen and oxygen atoms in total. The molecule has 23 heavy (non-hydrogen) atoms. The summed E-state index contributed by atoms with van der Waals surface area (Å²) in [4.78, 5) is 2.14. The molecule has 1 unspecified atom stereocenters. The highest BCUT2D eigenvalue weighted by molar-refractivity contribution is 8.93. The summed E-state index contributed by atoms with van der Waals surface area (Å²) in [6.07, 6.45) is 20.9. The Labute approximate surface area is 157 Å². The van der Waals surface area contributed by atoms with Crippen molar-refractivity contribution in [2.24, 2.45) is 0 Å². The van der Waals surface area contributed by atoms with Gasteiger partial charge in [0.15, 0.2) is 0 Å². The Kier molecular flexibility index (Phi) is 22.8. The van der Waals surface area contributed by atoms with Crippen molar-refractivity contribution >= 4 is 17.0 Å². The van der Waals surface area contributed by atoms with Crippen LogP contribution in [0.1, 0.15) is 103 Å². The summed E-state index contributed by atoms with van der Waals surface area (Å²) in [6.45, 7) is 2.58. The minimum atomic E-state index is 0. The molecule has 0 saturated heterocycles. The number of aliphatic hydroxyl groups is 1. The number of hydrogen-bond donors (Lipinski definition) is 1. The predicted octanol–water partition coefficient (Wildman–Crippen LogP) is 6.36. The van der Waals surface area contributed by atoms with Crippen LogP contribution in [-0.4, -0.2) is 36.8 Å². The first-order chi connectivity index (χ1) is 10.7. The Hall–Kier alpha value is 0.400. The molecule has 0 heterocycles. The van der Waals surface area contributed by atoms with Crippen molar-refractivity contribution in [3.8, 4) is 0 Å². The molecule has 0 aromatic carbocycles. The van der Waals surface area contributed by atoms with E-state index in [9.17, 15) is 5.11 Å². The molecule has 0 bridgehead atoms. The second-order valence-electron chi connectivity index (χ2n) is 7.18. The molecule has 0 aliphatic rings. The molecule has 142 valence electrons. The third kappa shape index (κ3) is 18.6. The van der Waals surface area contributed by atoms with Crippen LogP contribution in [0.4, 0.5) is 0 Å². The molecule has 0 rings (SSSR count). The maximum Gasteiger partial charge on any atom is 0.0586 e. The summed E-state index contributed by atoms with van der Waals surface area (Å²) in [6, 6.07) is 0.359. The Balaban J connectivity index is 0. The molecule has 0 aliphatic carbocycles. The second-order valence-corrected chi connectivity index (χ2v) is 7.18. The van der Waals surface area contributed by atoms with Gasteiger partial charge in [0.2, 0.25) is 0 Å². The lowest BCUT2D eigenvalue weighted by Crippen LogP contribution is -2.31. The van der Waals surface area contributed by atoms with Crippen LogP contribution < -0.4 is 0 Å². The highest BCUT2D eigenvalue weighted by Gasteiger charge is 2.08. The first-order valence-electron chi connectivity index (χ1n) is 9.99. The van der Waals surface area contributed by atoms with Gasteiger partial charge in [-0.25, -0.2) is 0 Å². The van der Waals surface area contributed by atoms with Crippen LogP contribution >= 0.6 is 17.0 Å². The van der Waals surface area contributed by atoms with Crippen molar-refractivity contribution in [2.75, 3.05) is 20.7 Å². The molecule has 0 fully saturated rings. The van der Waals surface area contributed by atoms with Gasteiger partial charge in [0.05, 0.1) is 6.61 Å². The van der Waals surface area contributed by atoms with Gasteiger partial charge in [-0.2, -0.15) is 0 Å². The molecule has 0 spiro atoms. The van der Waals surface area contributed by atoms with Crippen LogP contribution in [0.3, 0.4) is 0 Å². The average molecular weight is 394 g/mol. The highest BCUT2D eigenvalue weighted by Crippen LogP contribution is 2.14. The van der Waals surface area contributed by atoms with E-state index in [-0.39, 0.29) is 17.0 Å². The molecule has 0 aliphatic heterocycles. The topological polar surface area (TPSA) is 23.5 Å². The van der Waals surface area contributed by atoms with E-state index in [4.69, 9.17) is 0 Å². The largest absolute Gasteiger partial charge is 0.395 e. The normalized spacial score (nSPS) is 12.4. The lowest BCUT2D eigenvalue weighted by molar-refractivity contribution is 0.159. The zero-order chi connectivity index (χ0) is 16.5. The zero-order valence-corrected chi connectivity index (χ0v) is 17.9. The Morgan fingerprint density at radius 3 is 1.30 bits per heavy atom. The molecule has 0 radical (unpaired) electrons. The predicted molar refractivity (Wildman–Crippen MR) is 110 cm³/mol. The fourth-order valence-corrected chi connectivity index (χ4v) is 3.09. The number of unbranched alkanes of at least 4 members (excludes halogenated alkanes) is 13. The van der Waals surface area contributed by atoms with Gasteiger partial charge in [0, 0.05) is 6.04 Å². The molecule has 0 aromatic rings. The minimum Gasteiger partial charge on any atom is -0.395 e. The quantitative estimate of drug-likeness (QED) is 0.290. The number of aliphatic hydroxyl groups excluding tert-OH is 1. The van der Waals surface area contributed by atoms with Gasteiger partial charge in [-0.3, -0.25) is 0 Å². The lowest BCUT2D eigenvalue weighted by Gasteiger charge is -2.21. The van der Waals surface area contributed by atoms with Gasteiger partial charge < -0.3 is 10.0 Å². The van der Waals surface area contributed by atoms with Gasteiger partial charge in [-0.1, -0.05) is 96.8 Å². The second kappa shape index (κ2) is 20.4. The highest BCUT2D eigenvalue weighted by atomic mass is 79.9. The molecule has 1 N–H and O–H groups in total. The first-order valence-corrected chi connectivity index (χ1v) is 9.99. The summed E-state index contributed by atoms with van der Waals surface area (Å²) in [5.41, 5.74) is 0. The summed E-state index contributed by atoms with van der Waals surface area (Å²) < 4.78 is 0. The number of likely N-dealkylation sites (N-methyl/N-ethyl adjacent to an activating group) is 1. The Bertz CT molecular complexity index is 212. The third-order valence-electron chi connectivity index (χ3n) is 4.83. The molecular weight excluding hydrogens is 350 g/mol. The average Bonchev–Trinajstić information content (AvgIpc) is 2.51. The van der Waals surface area contributed by atoms with Gasteiger partial charge in [-0.15, -0.1) is 17.0 Å². The van der Waals surface area contributed by atoms with Crippen molar-refractivity contribution in [1.29, 1.82) is 0 Å². The third-order valence-corrected chi connectivity index (χ3v) is 4.83. The van der Waals surface area contributed by atoms with E-state index in [1.165, 1.54) is 89.9 Å². The molecule has 0 aromatic heterocycles. The number of halogens is 1. The van der Waals surface area contributed by atoms with Gasteiger partial charge >= 0.3 is 0 Å². The van der Waals surface area contributed by atoms with E-state index in [1.54, 1.807) is 0 Å². The van der Waals surface area contributed by atoms with Gasteiger partial charge in [0.25, 0.3) is 0 Å². The number of rotatable bonds is 17. The van der Waals surface area contributed by atoms with Crippen molar-refractivity contribution in [3.05, 3.63) is 0 Å².